The number of hydrogen-bond donors (Lipinski definition) is 3. The van der Waals surface area contributed by atoms with E-state index in [-0.39, 0.29) is 56.0 Å². The van der Waals surface area contributed by atoms with Crippen molar-refractivity contribution in [3.63, 3.8) is 0 Å². The Kier molecular flexibility index (Phi) is 8.65. The van der Waals surface area contributed by atoms with Gasteiger partial charge < -0.3 is 10.2 Å². The molecule has 10 nitrogen and oxygen atoms in total. The summed E-state index contributed by atoms with van der Waals surface area (Å²) >= 11 is 2.01. The number of aryl methyl sites for hydroxylation is 1. The van der Waals surface area contributed by atoms with E-state index in [2.05, 4.69) is 16.1 Å². The molecule has 0 saturated carbocycles. The second kappa shape index (κ2) is 11.9. The first-order valence-electron chi connectivity index (χ1n) is 11.3. The molecule has 36 heavy (non-hydrogen) atoms. The number of carbonyl (C=O) groups excluding carboxylic acids is 5. The summed E-state index contributed by atoms with van der Waals surface area (Å²) in [5, 5.41) is 5.17. The number of piperidine rings is 1. The van der Waals surface area contributed by atoms with Crippen molar-refractivity contribution in [2.75, 3.05) is 0 Å². The zero-order chi connectivity index (χ0) is 25.7. The van der Waals surface area contributed by atoms with Crippen LogP contribution in [0.1, 0.15) is 56.7 Å². The standard InChI is InChI=1S/C24H24IN4O6P/c25-36-35-28-21(31)9-4-14-1-5-16(6-2-14)22(32)26-12-15-3-7-18-17(11-15)13-29(24(18)34)19-8-10-20(30)27-23(19)33/h1-3,5-7,11,19,36H,4,8-10,12-13H2,(H,26,32)(H,28,31)(H,27,30,33). The summed E-state index contributed by atoms with van der Waals surface area (Å²) < 4.78 is 4.88. The molecule has 1 saturated heterocycles. The predicted molar refractivity (Wildman–Crippen MR) is 140 cm³/mol. The molecule has 3 N–H and O–H groups in total. The average molecular weight is 622 g/mol. The fourth-order valence-electron chi connectivity index (χ4n) is 4.23. The average Bonchev–Trinajstić information content (AvgIpc) is 3.20. The lowest BCUT2D eigenvalue weighted by atomic mass is 10.0. The highest BCUT2D eigenvalue weighted by molar-refractivity contribution is 14.2. The van der Waals surface area contributed by atoms with Crippen LogP contribution in [0, 0.1) is 0 Å². The Morgan fingerprint density at radius 2 is 1.86 bits per heavy atom. The number of fused-ring (bicyclic) bond motifs is 1. The Hall–Kier alpha value is -2.89. The molecule has 2 aliphatic rings. The quantitative estimate of drug-likeness (QED) is 0.170. The Labute approximate surface area is 222 Å². The number of amides is 5. The predicted octanol–water partition coefficient (Wildman–Crippen LogP) is 2.30. The van der Waals surface area contributed by atoms with Gasteiger partial charge in [0.15, 0.2) is 0 Å². The minimum absolute atomic E-state index is 0.156. The van der Waals surface area contributed by atoms with Gasteiger partial charge in [-0.3, -0.25) is 29.3 Å². The molecule has 2 aromatic rings. The lowest BCUT2D eigenvalue weighted by molar-refractivity contribution is -0.137. The summed E-state index contributed by atoms with van der Waals surface area (Å²) in [6.45, 7) is 0.716. The zero-order valence-electron chi connectivity index (χ0n) is 19.1. The number of halogens is 1. The van der Waals surface area contributed by atoms with Gasteiger partial charge in [-0.25, -0.2) is 10.1 Å². The van der Waals surface area contributed by atoms with E-state index in [0.29, 0.717) is 24.0 Å². The molecule has 2 aromatic carbocycles. The SMILES string of the molecule is O=C(CCc1ccc(C(=O)NCc2ccc3c(c2)CN(C2CCC(=O)NC2=O)C3=O)cc1)NOPI. The highest BCUT2D eigenvalue weighted by atomic mass is 127. The third kappa shape index (κ3) is 6.26. The summed E-state index contributed by atoms with van der Waals surface area (Å²) in [7, 11) is 0. The van der Waals surface area contributed by atoms with Crippen LogP contribution < -0.4 is 16.1 Å². The first-order valence-corrected chi connectivity index (χ1v) is 15.3. The van der Waals surface area contributed by atoms with Gasteiger partial charge in [0.05, 0.1) is 0 Å². The van der Waals surface area contributed by atoms with Crippen LogP contribution in [0.25, 0.3) is 0 Å². The Morgan fingerprint density at radius 1 is 1.11 bits per heavy atom. The molecule has 0 aliphatic carbocycles. The van der Waals surface area contributed by atoms with Gasteiger partial charge in [0.1, 0.15) is 12.5 Å². The van der Waals surface area contributed by atoms with E-state index in [4.69, 9.17) is 4.62 Å². The van der Waals surface area contributed by atoms with Crippen molar-refractivity contribution in [3.8, 4) is 0 Å². The van der Waals surface area contributed by atoms with Crippen LogP contribution in [0.5, 0.6) is 0 Å². The molecular weight excluding hydrogens is 598 g/mol. The molecule has 5 amide bonds. The van der Waals surface area contributed by atoms with Crippen molar-refractivity contribution in [2.45, 2.75) is 44.8 Å². The molecule has 2 unspecified atom stereocenters. The fraction of sp³-hybridized carbons (Fsp3) is 0.292. The van der Waals surface area contributed by atoms with Crippen LogP contribution in [-0.4, -0.2) is 40.5 Å². The second-order valence-electron chi connectivity index (χ2n) is 8.48. The molecule has 0 aromatic heterocycles. The summed E-state index contributed by atoms with van der Waals surface area (Å²) in [6, 6.07) is 11.7. The Bertz CT molecular complexity index is 1210. The molecule has 188 valence electrons. The molecule has 0 spiro atoms. The van der Waals surface area contributed by atoms with E-state index in [1.165, 1.54) is 4.90 Å². The zero-order valence-corrected chi connectivity index (χ0v) is 22.3. The van der Waals surface area contributed by atoms with E-state index in [0.717, 1.165) is 16.7 Å². The minimum Gasteiger partial charge on any atom is -0.348 e. The van der Waals surface area contributed by atoms with Gasteiger partial charge in [-0.05, 0) is 69.8 Å². The molecule has 2 aliphatic heterocycles. The van der Waals surface area contributed by atoms with Crippen molar-refractivity contribution < 1.29 is 28.6 Å². The number of rotatable bonds is 9. The molecule has 1 fully saturated rings. The van der Waals surface area contributed by atoms with E-state index >= 15 is 0 Å². The lowest BCUT2D eigenvalue weighted by Gasteiger charge is -2.29. The maximum absolute atomic E-state index is 12.8. The van der Waals surface area contributed by atoms with Crippen LogP contribution in [0.2, 0.25) is 0 Å². The fourth-order valence-corrected chi connectivity index (χ4v) is 4.71. The Morgan fingerprint density at radius 3 is 2.58 bits per heavy atom. The Balaban J connectivity index is 1.30. The van der Waals surface area contributed by atoms with Crippen LogP contribution in [-0.2, 0) is 38.5 Å². The summed E-state index contributed by atoms with van der Waals surface area (Å²) in [5.41, 5.74) is 5.93. The summed E-state index contributed by atoms with van der Waals surface area (Å²) in [6.07, 6.45) is 1.34. The van der Waals surface area contributed by atoms with Crippen LogP contribution in [0.4, 0.5) is 0 Å². The normalized spacial score (nSPS) is 17.3. The summed E-state index contributed by atoms with van der Waals surface area (Å²) in [5.74, 6) is -1.43. The number of imide groups is 1. The van der Waals surface area contributed by atoms with Crippen molar-refractivity contribution in [1.82, 2.24) is 21.0 Å². The third-order valence-corrected chi connectivity index (χ3v) is 6.94. The molecular formula is C24H24IN4O6P. The largest absolute Gasteiger partial charge is 0.348 e. The molecule has 2 heterocycles. The van der Waals surface area contributed by atoms with Gasteiger partial charge in [0.25, 0.3) is 11.8 Å². The maximum atomic E-state index is 12.8. The molecule has 0 radical (unpaired) electrons. The van der Waals surface area contributed by atoms with E-state index in [9.17, 15) is 24.0 Å². The van der Waals surface area contributed by atoms with Gasteiger partial charge in [0.2, 0.25) is 17.7 Å². The maximum Gasteiger partial charge on any atom is 0.255 e. The highest BCUT2D eigenvalue weighted by Gasteiger charge is 2.39. The number of hydroxylamine groups is 1. The highest BCUT2D eigenvalue weighted by Crippen LogP contribution is 2.28. The molecule has 0 bridgehead atoms. The number of hydrogen-bond acceptors (Lipinski definition) is 6. The second-order valence-corrected chi connectivity index (χ2v) is 10.2. The van der Waals surface area contributed by atoms with Crippen LogP contribution in [0.3, 0.4) is 0 Å². The molecule has 12 heteroatoms. The van der Waals surface area contributed by atoms with Gasteiger partial charge >= 0.3 is 0 Å². The van der Waals surface area contributed by atoms with Crippen molar-refractivity contribution in [3.05, 3.63) is 70.3 Å². The van der Waals surface area contributed by atoms with Gasteiger partial charge in [0, 0.05) is 37.1 Å². The number of nitrogens with zero attached hydrogens (tertiary/aromatic N) is 1. The van der Waals surface area contributed by atoms with Crippen LogP contribution >= 0.6 is 28.5 Å². The lowest BCUT2D eigenvalue weighted by Crippen LogP contribution is -2.52. The molecule has 4 rings (SSSR count). The van der Waals surface area contributed by atoms with Gasteiger partial charge in [-0.1, -0.05) is 24.3 Å². The number of carbonyl (C=O) groups is 5. The first kappa shape index (κ1) is 26.2. The van der Waals surface area contributed by atoms with Crippen molar-refractivity contribution in [1.29, 1.82) is 0 Å². The monoisotopic (exact) mass is 622 g/mol. The summed E-state index contributed by atoms with van der Waals surface area (Å²) in [4.78, 5) is 62.1. The van der Waals surface area contributed by atoms with E-state index < -0.39 is 11.9 Å². The van der Waals surface area contributed by atoms with Crippen molar-refractivity contribution >= 4 is 58.0 Å². The topological polar surface area (TPSA) is 134 Å². The molecule has 2 atom stereocenters. The van der Waals surface area contributed by atoms with E-state index in [1.807, 2.05) is 40.2 Å². The smallest absolute Gasteiger partial charge is 0.255 e. The van der Waals surface area contributed by atoms with Gasteiger partial charge in [-0.15, -0.1) is 0 Å². The minimum atomic E-state index is -0.659. The number of nitrogens with one attached hydrogen (secondary N) is 3. The number of benzene rings is 2. The van der Waals surface area contributed by atoms with E-state index in [1.54, 1.807) is 24.3 Å². The van der Waals surface area contributed by atoms with Crippen molar-refractivity contribution in [2.24, 2.45) is 0 Å². The van der Waals surface area contributed by atoms with Gasteiger partial charge in [-0.2, -0.15) is 0 Å². The third-order valence-electron chi connectivity index (χ3n) is 6.10. The first-order chi connectivity index (χ1) is 17.4. The van der Waals surface area contributed by atoms with Crippen LogP contribution in [0.15, 0.2) is 42.5 Å².